The van der Waals surface area contributed by atoms with Crippen LogP contribution in [0.1, 0.15) is 11.1 Å². The van der Waals surface area contributed by atoms with E-state index in [-0.39, 0.29) is 25.7 Å². The van der Waals surface area contributed by atoms with Gasteiger partial charge in [0.05, 0.1) is 32.3 Å². The molecule has 0 atom stereocenters. The fourth-order valence-corrected chi connectivity index (χ4v) is 3.78. The number of nitrogens with zero attached hydrogens (tertiary/aromatic N) is 1. The summed E-state index contributed by atoms with van der Waals surface area (Å²) < 4.78 is 24.7. The fourth-order valence-electron chi connectivity index (χ4n) is 1.69. The molecule has 0 saturated heterocycles. The van der Waals surface area contributed by atoms with Crippen molar-refractivity contribution >= 4 is 44.6 Å². The third-order valence-electron chi connectivity index (χ3n) is 2.78. The maximum Gasteiger partial charge on any atom is 0.182 e. The zero-order valence-electron chi connectivity index (χ0n) is 10.5. The molecule has 2 aromatic carbocycles. The molecule has 0 spiro atoms. The molecule has 0 amide bonds. The summed E-state index contributed by atoms with van der Waals surface area (Å²) in [6.45, 7) is 0. The summed E-state index contributed by atoms with van der Waals surface area (Å²) >= 11 is 17.6. The lowest BCUT2D eigenvalue weighted by molar-refractivity contribution is 0.595. The lowest BCUT2D eigenvalue weighted by Gasteiger charge is -2.07. The molecule has 2 aromatic rings. The van der Waals surface area contributed by atoms with Crippen molar-refractivity contribution in [3.8, 4) is 6.07 Å². The van der Waals surface area contributed by atoms with Gasteiger partial charge < -0.3 is 0 Å². The summed E-state index contributed by atoms with van der Waals surface area (Å²) in [7, 11) is -3.61. The van der Waals surface area contributed by atoms with Crippen molar-refractivity contribution in [3.05, 3.63) is 62.6 Å². The van der Waals surface area contributed by atoms with E-state index in [0.717, 1.165) is 0 Å². The minimum absolute atomic E-state index is 0.0670. The first-order valence-corrected chi connectivity index (χ1v) is 8.48. The van der Waals surface area contributed by atoms with Crippen LogP contribution in [-0.4, -0.2) is 8.42 Å². The summed E-state index contributed by atoms with van der Waals surface area (Å²) in [4.78, 5) is 0.0670. The van der Waals surface area contributed by atoms with E-state index in [1.165, 1.54) is 36.4 Å². The van der Waals surface area contributed by atoms with Crippen LogP contribution < -0.4 is 0 Å². The van der Waals surface area contributed by atoms with Crippen molar-refractivity contribution in [1.29, 1.82) is 5.26 Å². The molecule has 0 aromatic heterocycles. The first-order valence-electron chi connectivity index (χ1n) is 5.70. The second kappa shape index (κ2) is 6.25. The van der Waals surface area contributed by atoms with Gasteiger partial charge in [-0.05, 0) is 35.9 Å². The molecule has 7 heteroatoms. The average Bonchev–Trinajstić information content (AvgIpc) is 2.43. The number of halogens is 3. The zero-order chi connectivity index (χ0) is 15.6. The van der Waals surface area contributed by atoms with Gasteiger partial charge in [0.25, 0.3) is 0 Å². The molecule has 0 aliphatic carbocycles. The Morgan fingerprint density at radius 2 is 1.67 bits per heavy atom. The summed E-state index contributed by atoms with van der Waals surface area (Å²) in [5, 5.41) is 9.45. The van der Waals surface area contributed by atoms with Gasteiger partial charge >= 0.3 is 0 Å². The Balaban J connectivity index is 2.37. The smallest absolute Gasteiger partial charge is 0.182 e. The number of rotatable bonds is 3. The molecule has 21 heavy (non-hydrogen) atoms. The number of benzene rings is 2. The van der Waals surface area contributed by atoms with Crippen LogP contribution in [0.25, 0.3) is 0 Å². The predicted octanol–water partition coefficient (Wildman–Crippen LogP) is 4.49. The van der Waals surface area contributed by atoms with E-state index in [1.807, 2.05) is 6.07 Å². The molecule has 0 fully saturated rings. The minimum atomic E-state index is -3.61. The van der Waals surface area contributed by atoms with Crippen molar-refractivity contribution in [1.82, 2.24) is 0 Å². The van der Waals surface area contributed by atoms with Crippen molar-refractivity contribution in [3.63, 3.8) is 0 Å². The second-order valence-electron chi connectivity index (χ2n) is 4.25. The van der Waals surface area contributed by atoms with Crippen LogP contribution in [0.4, 0.5) is 0 Å². The van der Waals surface area contributed by atoms with E-state index in [4.69, 9.17) is 40.1 Å². The molecule has 108 valence electrons. The third kappa shape index (κ3) is 3.69. The maximum absolute atomic E-state index is 12.3. The van der Waals surface area contributed by atoms with Crippen LogP contribution in [0.15, 0.2) is 41.3 Å². The van der Waals surface area contributed by atoms with Gasteiger partial charge in [-0.15, -0.1) is 0 Å². The van der Waals surface area contributed by atoms with Crippen molar-refractivity contribution < 1.29 is 8.42 Å². The summed E-state index contributed by atoms with van der Waals surface area (Å²) in [6, 6.07) is 10.5. The second-order valence-corrected chi connectivity index (χ2v) is 7.46. The monoisotopic (exact) mass is 359 g/mol. The van der Waals surface area contributed by atoms with Gasteiger partial charge in [0, 0.05) is 5.02 Å². The topological polar surface area (TPSA) is 57.9 Å². The highest BCUT2D eigenvalue weighted by molar-refractivity contribution is 7.90. The highest BCUT2D eigenvalue weighted by Crippen LogP contribution is 2.28. The number of nitriles is 1. The Kier molecular flexibility index (Phi) is 4.80. The first kappa shape index (κ1) is 16.1. The van der Waals surface area contributed by atoms with Gasteiger partial charge in [0.2, 0.25) is 0 Å². The van der Waals surface area contributed by atoms with Crippen molar-refractivity contribution in [2.75, 3.05) is 0 Å². The van der Waals surface area contributed by atoms with E-state index in [2.05, 4.69) is 0 Å². The van der Waals surface area contributed by atoms with E-state index in [0.29, 0.717) is 11.1 Å². The summed E-state index contributed by atoms with van der Waals surface area (Å²) in [5.41, 5.74) is 0.789. The Morgan fingerprint density at radius 1 is 0.952 bits per heavy atom. The average molecular weight is 361 g/mol. The van der Waals surface area contributed by atoms with Crippen LogP contribution >= 0.6 is 34.8 Å². The Morgan fingerprint density at radius 3 is 2.24 bits per heavy atom. The lowest BCUT2D eigenvalue weighted by Crippen LogP contribution is -2.05. The van der Waals surface area contributed by atoms with Crippen LogP contribution in [0, 0.1) is 11.3 Å². The molecule has 2 rings (SSSR count). The van der Waals surface area contributed by atoms with Gasteiger partial charge in [-0.3, -0.25) is 0 Å². The quantitative estimate of drug-likeness (QED) is 0.810. The van der Waals surface area contributed by atoms with Gasteiger partial charge in [-0.2, -0.15) is 5.26 Å². The van der Waals surface area contributed by atoms with Gasteiger partial charge in [0.15, 0.2) is 9.84 Å². The summed E-state index contributed by atoms with van der Waals surface area (Å²) in [5.74, 6) is -0.282. The van der Waals surface area contributed by atoms with Gasteiger partial charge in [-0.25, -0.2) is 8.42 Å². The highest BCUT2D eigenvalue weighted by Gasteiger charge is 2.18. The maximum atomic E-state index is 12.3. The van der Waals surface area contributed by atoms with Crippen molar-refractivity contribution in [2.24, 2.45) is 0 Å². The third-order valence-corrected chi connectivity index (χ3v) is 5.53. The van der Waals surface area contributed by atoms with Crippen LogP contribution in [-0.2, 0) is 15.6 Å². The number of hydrogen-bond donors (Lipinski definition) is 0. The van der Waals surface area contributed by atoms with Crippen LogP contribution in [0.5, 0.6) is 0 Å². The van der Waals surface area contributed by atoms with Crippen molar-refractivity contribution in [2.45, 2.75) is 10.6 Å². The van der Waals surface area contributed by atoms with E-state index in [1.54, 1.807) is 0 Å². The van der Waals surface area contributed by atoms with Crippen LogP contribution in [0.2, 0.25) is 15.1 Å². The van der Waals surface area contributed by atoms with Gasteiger partial charge in [-0.1, -0.05) is 40.9 Å². The molecule has 0 bridgehead atoms. The molecule has 3 nitrogen and oxygen atoms in total. The SMILES string of the molecule is N#Cc1ccc(CS(=O)(=O)c2ccc(Cl)c(Cl)c2)c(Cl)c1. The molecular weight excluding hydrogens is 353 g/mol. The standard InChI is InChI=1S/C14H8Cl3NO2S/c15-12-4-3-11(6-14(12)17)21(19,20)8-10-2-1-9(7-18)5-13(10)16/h1-6H,8H2. The lowest BCUT2D eigenvalue weighted by atomic mass is 10.2. The van der Waals surface area contributed by atoms with E-state index < -0.39 is 9.84 Å². The molecular formula is C14H8Cl3NO2S. The highest BCUT2D eigenvalue weighted by atomic mass is 35.5. The van der Waals surface area contributed by atoms with Crippen LogP contribution in [0.3, 0.4) is 0 Å². The molecule has 0 aliphatic rings. The molecule has 0 radical (unpaired) electrons. The first-order chi connectivity index (χ1) is 9.83. The predicted molar refractivity (Wildman–Crippen MR) is 83.5 cm³/mol. The zero-order valence-corrected chi connectivity index (χ0v) is 13.6. The van der Waals surface area contributed by atoms with E-state index in [9.17, 15) is 8.42 Å². The number of hydrogen-bond acceptors (Lipinski definition) is 3. The molecule has 0 N–H and O–H groups in total. The normalized spacial score (nSPS) is 11.1. The van der Waals surface area contributed by atoms with E-state index >= 15 is 0 Å². The summed E-state index contributed by atoms with van der Waals surface area (Å²) in [6.07, 6.45) is 0. The molecule has 0 unspecified atom stereocenters. The van der Waals surface area contributed by atoms with Gasteiger partial charge in [0.1, 0.15) is 0 Å². The molecule has 0 saturated carbocycles. The Bertz CT molecular complexity index is 842. The Labute approximate surface area is 137 Å². The minimum Gasteiger partial charge on any atom is -0.223 e. The number of sulfone groups is 1. The fraction of sp³-hybridized carbons (Fsp3) is 0.0714. The molecule has 0 aliphatic heterocycles. The molecule has 0 heterocycles. The largest absolute Gasteiger partial charge is 0.223 e. The Hall–Kier alpha value is -1.25.